The first kappa shape index (κ1) is 17.0. The molecule has 1 unspecified atom stereocenters. The number of aliphatic hydroxyl groups excluding tert-OH is 1. The number of aryl methyl sites for hydroxylation is 1. The SMILES string of the molecule is Cc1cccc(C(C)C)c1NC(=O)CN1CCCCC1CO. The predicted molar refractivity (Wildman–Crippen MR) is 90.2 cm³/mol. The third-order valence-electron chi connectivity index (χ3n) is 4.50. The number of carbonyl (C=O) groups is 1. The van der Waals surface area contributed by atoms with Crippen molar-refractivity contribution < 1.29 is 9.90 Å². The molecule has 1 aliphatic heterocycles. The van der Waals surface area contributed by atoms with E-state index in [-0.39, 0.29) is 18.6 Å². The van der Waals surface area contributed by atoms with Gasteiger partial charge in [-0.25, -0.2) is 0 Å². The zero-order chi connectivity index (χ0) is 16.1. The van der Waals surface area contributed by atoms with E-state index in [4.69, 9.17) is 0 Å². The fraction of sp³-hybridized carbons (Fsp3) is 0.611. The summed E-state index contributed by atoms with van der Waals surface area (Å²) in [5, 5.41) is 12.5. The number of carbonyl (C=O) groups excluding carboxylic acids is 1. The maximum Gasteiger partial charge on any atom is 0.238 e. The number of nitrogens with one attached hydrogen (secondary N) is 1. The molecule has 122 valence electrons. The molecule has 0 saturated carbocycles. The second kappa shape index (κ2) is 7.75. The van der Waals surface area contributed by atoms with Crippen LogP contribution in [0.2, 0.25) is 0 Å². The van der Waals surface area contributed by atoms with E-state index in [1.807, 2.05) is 19.1 Å². The number of likely N-dealkylation sites (tertiary alicyclic amines) is 1. The van der Waals surface area contributed by atoms with Crippen LogP contribution in [0.4, 0.5) is 5.69 Å². The molecule has 0 aromatic heterocycles. The van der Waals surface area contributed by atoms with Crippen molar-refractivity contribution in [1.29, 1.82) is 0 Å². The van der Waals surface area contributed by atoms with Gasteiger partial charge in [0, 0.05) is 11.7 Å². The molecule has 1 aromatic carbocycles. The first-order valence-electron chi connectivity index (χ1n) is 8.27. The number of hydrogen-bond acceptors (Lipinski definition) is 3. The Bertz CT molecular complexity index is 514. The van der Waals surface area contributed by atoms with Crippen LogP contribution in [0.25, 0.3) is 0 Å². The largest absolute Gasteiger partial charge is 0.395 e. The monoisotopic (exact) mass is 304 g/mol. The van der Waals surface area contributed by atoms with E-state index in [1.165, 1.54) is 5.56 Å². The first-order chi connectivity index (χ1) is 10.5. The molecule has 22 heavy (non-hydrogen) atoms. The van der Waals surface area contributed by atoms with E-state index in [1.54, 1.807) is 0 Å². The second-order valence-electron chi connectivity index (χ2n) is 6.54. The van der Waals surface area contributed by atoms with Crippen molar-refractivity contribution in [2.24, 2.45) is 0 Å². The quantitative estimate of drug-likeness (QED) is 0.879. The topological polar surface area (TPSA) is 52.6 Å². The Morgan fingerprint density at radius 2 is 2.18 bits per heavy atom. The highest BCUT2D eigenvalue weighted by Gasteiger charge is 2.24. The van der Waals surface area contributed by atoms with Crippen LogP contribution in [-0.4, -0.2) is 41.7 Å². The lowest BCUT2D eigenvalue weighted by Crippen LogP contribution is -2.45. The number of para-hydroxylation sites is 1. The molecule has 1 atom stereocenters. The molecule has 0 spiro atoms. The average Bonchev–Trinajstić information content (AvgIpc) is 2.49. The number of hydrogen-bond donors (Lipinski definition) is 2. The highest BCUT2D eigenvalue weighted by molar-refractivity contribution is 5.94. The molecule has 1 saturated heterocycles. The van der Waals surface area contributed by atoms with E-state index < -0.39 is 0 Å². The second-order valence-corrected chi connectivity index (χ2v) is 6.54. The molecular weight excluding hydrogens is 276 g/mol. The molecule has 1 aromatic rings. The predicted octanol–water partition coefficient (Wildman–Crippen LogP) is 2.90. The van der Waals surface area contributed by atoms with Gasteiger partial charge in [0.05, 0.1) is 13.2 Å². The third-order valence-corrected chi connectivity index (χ3v) is 4.50. The van der Waals surface area contributed by atoms with Crippen LogP contribution in [0, 0.1) is 6.92 Å². The van der Waals surface area contributed by atoms with Gasteiger partial charge in [0.1, 0.15) is 0 Å². The molecule has 1 amide bonds. The molecular formula is C18H28N2O2. The zero-order valence-corrected chi connectivity index (χ0v) is 13.9. The molecule has 2 N–H and O–H groups in total. The maximum atomic E-state index is 12.4. The molecule has 0 bridgehead atoms. The van der Waals surface area contributed by atoms with Gasteiger partial charge in [-0.15, -0.1) is 0 Å². The van der Waals surface area contributed by atoms with Crippen molar-refractivity contribution in [2.75, 3.05) is 25.0 Å². The lowest BCUT2D eigenvalue weighted by atomic mass is 9.98. The fourth-order valence-corrected chi connectivity index (χ4v) is 3.18. The smallest absolute Gasteiger partial charge is 0.238 e. The van der Waals surface area contributed by atoms with Gasteiger partial charge in [0.2, 0.25) is 5.91 Å². The number of piperidine rings is 1. The Hall–Kier alpha value is -1.39. The van der Waals surface area contributed by atoms with Gasteiger partial charge >= 0.3 is 0 Å². The van der Waals surface area contributed by atoms with E-state index in [0.29, 0.717) is 12.5 Å². The summed E-state index contributed by atoms with van der Waals surface area (Å²) in [4.78, 5) is 14.5. The molecule has 1 aliphatic rings. The average molecular weight is 304 g/mol. The van der Waals surface area contributed by atoms with Crippen LogP contribution in [0.5, 0.6) is 0 Å². The summed E-state index contributed by atoms with van der Waals surface area (Å²) in [5.41, 5.74) is 3.21. The molecule has 2 rings (SSSR count). The summed E-state index contributed by atoms with van der Waals surface area (Å²) >= 11 is 0. The van der Waals surface area contributed by atoms with Gasteiger partial charge < -0.3 is 10.4 Å². The minimum Gasteiger partial charge on any atom is -0.395 e. The van der Waals surface area contributed by atoms with Crippen LogP contribution in [-0.2, 0) is 4.79 Å². The lowest BCUT2D eigenvalue weighted by molar-refractivity contribution is -0.118. The van der Waals surface area contributed by atoms with Crippen LogP contribution in [0.15, 0.2) is 18.2 Å². The Balaban J connectivity index is 2.06. The zero-order valence-electron chi connectivity index (χ0n) is 13.9. The van der Waals surface area contributed by atoms with Gasteiger partial charge in [-0.1, -0.05) is 38.5 Å². The Labute approximate surface area is 133 Å². The minimum atomic E-state index is 0.0107. The van der Waals surface area contributed by atoms with Crippen LogP contribution in [0.1, 0.15) is 50.2 Å². The maximum absolute atomic E-state index is 12.4. The highest BCUT2D eigenvalue weighted by Crippen LogP contribution is 2.27. The number of benzene rings is 1. The van der Waals surface area contributed by atoms with Crippen molar-refractivity contribution in [1.82, 2.24) is 4.90 Å². The molecule has 0 aliphatic carbocycles. The van der Waals surface area contributed by atoms with Gasteiger partial charge in [0.15, 0.2) is 0 Å². The van der Waals surface area contributed by atoms with Gasteiger partial charge in [-0.2, -0.15) is 0 Å². The Morgan fingerprint density at radius 1 is 1.41 bits per heavy atom. The number of anilines is 1. The third kappa shape index (κ3) is 4.08. The number of amides is 1. The number of nitrogens with zero attached hydrogens (tertiary/aromatic N) is 1. The summed E-state index contributed by atoms with van der Waals surface area (Å²) < 4.78 is 0. The summed E-state index contributed by atoms with van der Waals surface area (Å²) in [6, 6.07) is 6.26. The number of aliphatic hydroxyl groups is 1. The Kier molecular flexibility index (Phi) is 5.98. The highest BCUT2D eigenvalue weighted by atomic mass is 16.3. The van der Waals surface area contributed by atoms with Crippen molar-refractivity contribution in [3.8, 4) is 0 Å². The van der Waals surface area contributed by atoms with Gasteiger partial charge in [0.25, 0.3) is 0 Å². The van der Waals surface area contributed by atoms with Crippen molar-refractivity contribution in [3.05, 3.63) is 29.3 Å². The normalized spacial score (nSPS) is 19.4. The molecule has 4 nitrogen and oxygen atoms in total. The molecule has 4 heteroatoms. The van der Waals surface area contributed by atoms with Gasteiger partial charge in [-0.05, 0) is 43.4 Å². The van der Waals surface area contributed by atoms with Gasteiger partial charge in [-0.3, -0.25) is 9.69 Å². The first-order valence-corrected chi connectivity index (χ1v) is 8.27. The minimum absolute atomic E-state index is 0.0107. The van der Waals surface area contributed by atoms with Crippen LogP contribution < -0.4 is 5.32 Å². The standard InChI is InChI=1S/C18H28N2O2/c1-13(2)16-9-6-7-14(3)18(16)19-17(22)11-20-10-5-4-8-15(20)12-21/h6-7,9,13,15,21H,4-5,8,10-12H2,1-3H3,(H,19,22). The van der Waals surface area contributed by atoms with E-state index in [2.05, 4.69) is 30.1 Å². The van der Waals surface area contributed by atoms with E-state index in [9.17, 15) is 9.90 Å². The van der Waals surface area contributed by atoms with Crippen molar-refractivity contribution in [2.45, 2.75) is 52.0 Å². The fourth-order valence-electron chi connectivity index (χ4n) is 3.18. The van der Waals surface area contributed by atoms with E-state index in [0.717, 1.165) is 37.1 Å². The van der Waals surface area contributed by atoms with E-state index >= 15 is 0 Å². The summed E-state index contributed by atoms with van der Waals surface area (Å²) in [6.45, 7) is 7.68. The summed E-state index contributed by atoms with van der Waals surface area (Å²) in [7, 11) is 0. The van der Waals surface area contributed by atoms with Crippen LogP contribution >= 0.6 is 0 Å². The van der Waals surface area contributed by atoms with Crippen molar-refractivity contribution in [3.63, 3.8) is 0 Å². The number of rotatable bonds is 5. The molecule has 0 radical (unpaired) electrons. The Morgan fingerprint density at radius 3 is 2.86 bits per heavy atom. The van der Waals surface area contributed by atoms with Crippen LogP contribution in [0.3, 0.4) is 0 Å². The molecule has 1 fully saturated rings. The van der Waals surface area contributed by atoms with Crippen molar-refractivity contribution >= 4 is 11.6 Å². The lowest BCUT2D eigenvalue weighted by Gasteiger charge is -2.34. The molecule has 1 heterocycles. The summed E-state index contributed by atoms with van der Waals surface area (Å²) in [5.74, 6) is 0.381. The summed E-state index contributed by atoms with van der Waals surface area (Å²) in [6.07, 6.45) is 3.22.